The highest BCUT2D eigenvalue weighted by Gasteiger charge is 2.30. The molecule has 1 heterocycles. The Morgan fingerprint density at radius 1 is 1.03 bits per heavy atom. The molecule has 10 heteroatoms. The van der Waals surface area contributed by atoms with Gasteiger partial charge in [0, 0.05) is 6.07 Å². The summed E-state index contributed by atoms with van der Waals surface area (Å²) in [5.41, 5.74) is -0.699. The Morgan fingerprint density at radius 2 is 1.76 bits per heavy atom. The van der Waals surface area contributed by atoms with Crippen molar-refractivity contribution in [1.29, 1.82) is 0 Å². The van der Waals surface area contributed by atoms with Crippen LogP contribution in [0.1, 0.15) is 17.5 Å². The van der Waals surface area contributed by atoms with Gasteiger partial charge in [-0.3, -0.25) is 4.79 Å². The van der Waals surface area contributed by atoms with Gasteiger partial charge in [-0.2, -0.15) is 13.2 Å². The number of esters is 1. The molecule has 3 rings (SSSR count). The fraction of sp³-hybridized carbons (Fsp3) is 0.316. The largest absolute Gasteiger partial charge is 0.486 e. The van der Waals surface area contributed by atoms with Crippen molar-refractivity contribution in [1.82, 2.24) is 0 Å². The number of benzene rings is 2. The zero-order valence-corrected chi connectivity index (χ0v) is 15.9. The fourth-order valence-electron chi connectivity index (χ4n) is 2.63. The van der Waals surface area contributed by atoms with Crippen LogP contribution in [-0.2, 0) is 32.2 Å². The number of sulfone groups is 1. The zero-order chi connectivity index (χ0) is 21.1. The number of ether oxygens (including phenoxy) is 3. The number of rotatable bonds is 6. The molecular weight excluding hydrogens is 413 g/mol. The second kappa shape index (κ2) is 8.32. The van der Waals surface area contributed by atoms with Crippen molar-refractivity contribution < 1.29 is 40.6 Å². The van der Waals surface area contributed by atoms with Gasteiger partial charge in [-0.15, -0.1) is 0 Å². The average Bonchev–Trinajstić information content (AvgIpc) is 2.70. The number of fused-ring (bicyclic) bond motifs is 1. The maximum atomic E-state index is 12.7. The van der Waals surface area contributed by atoms with Crippen molar-refractivity contribution in [3.05, 3.63) is 53.6 Å². The number of hydrogen-bond donors (Lipinski definition) is 0. The molecule has 0 radical (unpaired) electrons. The van der Waals surface area contributed by atoms with E-state index in [0.29, 0.717) is 24.7 Å². The molecule has 1 aliphatic heterocycles. The fourth-order valence-corrected chi connectivity index (χ4v) is 3.86. The molecule has 0 bridgehead atoms. The van der Waals surface area contributed by atoms with Crippen LogP contribution in [0, 0.1) is 0 Å². The van der Waals surface area contributed by atoms with Gasteiger partial charge >= 0.3 is 12.1 Å². The third-order valence-electron chi connectivity index (χ3n) is 4.10. The van der Waals surface area contributed by atoms with Crippen LogP contribution in [0.15, 0.2) is 47.4 Å². The minimum absolute atomic E-state index is 0.0209. The van der Waals surface area contributed by atoms with Gasteiger partial charge in [0.15, 0.2) is 21.3 Å². The van der Waals surface area contributed by atoms with Gasteiger partial charge in [0.1, 0.15) is 19.8 Å². The molecule has 0 N–H and O–H groups in total. The first-order valence-electron chi connectivity index (χ1n) is 8.59. The maximum Gasteiger partial charge on any atom is 0.416 e. The molecule has 0 fully saturated rings. The highest BCUT2D eigenvalue weighted by Crippen LogP contribution is 2.33. The van der Waals surface area contributed by atoms with Crippen molar-refractivity contribution in [2.75, 3.05) is 19.0 Å². The van der Waals surface area contributed by atoms with Gasteiger partial charge in [0.25, 0.3) is 0 Å². The van der Waals surface area contributed by atoms with Gasteiger partial charge in [0.2, 0.25) is 0 Å². The van der Waals surface area contributed by atoms with E-state index in [0.717, 1.165) is 12.1 Å². The molecule has 0 atom stereocenters. The molecule has 0 saturated carbocycles. The van der Waals surface area contributed by atoms with Crippen molar-refractivity contribution in [3.63, 3.8) is 0 Å². The lowest BCUT2D eigenvalue weighted by atomic mass is 10.1. The van der Waals surface area contributed by atoms with Crippen molar-refractivity contribution in [3.8, 4) is 11.5 Å². The molecular formula is C19H17F3O6S. The Hall–Kier alpha value is -2.75. The number of halogens is 3. The lowest BCUT2D eigenvalue weighted by Gasteiger charge is -2.18. The highest BCUT2D eigenvalue weighted by atomic mass is 32.2. The number of carbonyl (C=O) groups is 1. The predicted octanol–water partition coefficient (Wildman–Crippen LogP) is 3.38. The summed E-state index contributed by atoms with van der Waals surface area (Å²) in [4.78, 5) is 11.8. The second-order valence-electron chi connectivity index (χ2n) is 6.23. The number of alkyl halides is 3. The Bertz CT molecular complexity index is 1000. The summed E-state index contributed by atoms with van der Waals surface area (Å²) in [5.74, 6) is -0.586. The first-order chi connectivity index (χ1) is 13.6. The van der Waals surface area contributed by atoms with Crippen molar-refractivity contribution >= 4 is 15.8 Å². The van der Waals surface area contributed by atoms with Gasteiger partial charge in [-0.1, -0.05) is 12.1 Å². The van der Waals surface area contributed by atoms with Gasteiger partial charge < -0.3 is 14.2 Å². The normalized spacial score (nSPS) is 13.8. The summed E-state index contributed by atoms with van der Waals surface area (Å²) in [7, 11) is -3.78. The standard InChI is InChI=1S/C19H17F3O6S/c20-19(21,22)14-3-1-2-13(10-14)12-28-18(23)6-9-29(24,25)15-4-5-16-17(11-15)27-8-7-26-16/h1-5,10-11H,6-9,12H2. The molecule has 156 valence electrons. The Morgan fingerprint density at radius 3 is 2.48 bits per heavy atom. The minimum Gasteiger partial charge on any atom is -0.486 e. The molecule has 2 aromatic carbocycles. The van der Waals surface area contributed by atoms with Crippen LogP contribution < -0.4 is 9.47 Å². The van der Waals surface area contributed by atoms with E-state index < -0.39 is 39.7 Å². The van der Waals surface area contributed by atoms with Crippen LogP contribution in [0.4, 0.5) is 13.2 Å². The molecule has 0 aliphatic carbocycles. The molecule has 0 aromatic heterocycles. The van der Waals surface area contributed by atoms with Crippen molar-refractivity contribution in [2.24, 2.45) is 0 Å². The third-order valence-corrected chi connectivity index (χ3v) is 5.82. The van der Waals surface area contributed by atoms with Gasteiger partial charge in [-0.25, -0.2) is 8.42 Å². The third kappa shape index (κ3) is 5.41. The molecule has 2 aromatic rings. The van der Waals surface area contributed by atoms with E-state index in [1.165, 1.54) is 30.3 Å². The highest BCUT2D eigenvalue weighted by molar-refractivity contribution is 7.91. The monoisotopic (exact) mass is 430 g/mol. The lowest BCUT2D eigenvalue weighted by Crippen LogP contribution is -2.17. The van der Waals surface area contributed by atoms with E-state index in [1.807, 2.05) is 0 Å². The van der Waals surface area contributed by atoms with Gasteiger partial charge in [0.05, 0.1) is 22.6 Å². The molecule has 0 amide bonds. The molecule has 0 unspecified atom stereocenters. The van der Waals surface area contributed by atoms with Crippen LogP contribution in [0.2, 0.25) is 0 Å². The first-order valence-corrected chi connectivity index (χ1v) is 10.2. The van der Waals surface area contributed by atoms with Gasteiger partial charge in [-0.05, 0) is 29.8 Å². The Labute approximate surface area is 165 Å². The van der Waals surface area contributed by atoms with Crippen LogP contribution in [0.25, 0.3) is 0 Å². The Balaban J connectivity index is 1.56. The maximum absolute atomic E-state index is 12.7. The molecule has 6 nitrogen and oxygen atoms in total. The summed E-state index contributed by atoms with van der Waals surface area (Å²) >= 11 is 0. The zero-order valence-electron chi connectivity index (χ0n) is 15.1. The Kier molecular flexibility index (Phi) is 6.02. The second-order valence-corrected chi connectivity index (χ2v) is 8.34. The van der Waals surface area contributed by atoms with Crippen molar-refractivity contribution in [2.45, 2.75) is 24.1 Å². The smallest absolute Gasteiger partial charge is 0.416 e. The van der Waals surface area contributed by atoms with E-state index in [-0.39, 0.29) is 17.1 Å². The summed E-state index contributed by atoms with van der Waals surface area (Å²) in [6.07, 6.45) is -4.94. The quantitative estimate of drug-likeness (QED) is 0.654. The van der Waals surface area contributed by atoms with E-state index in [4.69, 9.17) is 14.2 Å². The number of carbonyl (C=O) groups excluding carboxylic acids is 1. The van der Waals surface area contributed by atoms with E-state index in [1.54, 1.807) is 0 Å². The van der Waals surface area contributed by atoms with E-state index in [9.17, 15) is 26.4 Å². The average molecular weight is 430 g/mol. The molecule has 29 heavy (non-hydrogen) atoms. The predicted molar refractivity (Wildman–Crippen MR) is 95.3 cm³/mol. The topological polar surface area (TPSA) is 78.9 Å². The lowest BCUT2D eigenvalue weighted by molar-refractivity contribution is -0.144. The summed E-state index contributed by atoms with van der Waals surface area (Å²) in [6.45, 7) is 0.294. The summed E-state index contributed by atoms with van der Waals surface area (Å²) in [6, 6.07) is 8.54. The van der Waals surface area contributed by atoms with Crippen LogP contribution in [0.5, 0.6) is 11.5 Å². The first kappa shape index (κ1) is 21.0. The van der Waals surface area contributed by atoms with Crippen LogP contribution in [0.3, 0.4) is 0 Å². The van der Waals surface area contributed by atoms with E-state index in [2.05, 4.69) is 0 Å². The summed E-state index contributed by atoms with van der Waals surface area (Å²) < 4.78 is 78.5. The molecule has 0 spiro atoms. The van der Waals surface area contributed by atoms with Crippen LogP contribution >= 0.6 is 0 Å². The number of hydrogen-bond acceptors (Lipinski definition) is 6. The van der Waals surface area contributed by atoms with Crippen LogP contribution in [-0.4, -0.2) is 33.4 Å². The molecule has 1 aliphatic rings. The molecule has 0 saturated heterocycles. The van der Waals surface area contributed by atoms with E-state index >= 15 is 0 Å². The SMILES string of the molecule is O=C(CCS(=O)(=O)c1ccc2c(c1)OCCO2)OCc1cccc(C(F)(F)F)c1. The minimum atomic E-state index is -4.50. The summed E-state index contributed by atoms with van der Waals surface area (Å²) in [5, 5.41) is 0.